The van der Waals surface area contributed by atoms with Gasteiger partial charge in [0.2, 0.25) is 10.0 Å². The smallest absolute Gasteiger partial charge is 0.265 e. The molecule has 0 spiro atoms. The summed E-state index contributed by atoms with van der Waals surface area (Å²) in [4.78, 5) is 27.7. The minimum atomic E-state index is -3.58. The van der Waals surface area contributed by atoms with E-state index in [-0.39, 0.29) is 29.9 Å². The van der Waals surface area contributed by atoms with Crippen molar-refractivity contribution in [2.45, 2.75) is 24.5 Å². The second-order valence-corrected chi connectivity index (χ2v) is 10.9. The number of nitrogens with one attached hydrogen (secondary N) is 1. The van der Waals surface area contributed by atoms with Crippen LogP contribution in [0, 0.1) is 6.92 Å². The Morgan fingerprint density at radius 2 is 1.76 bits per heavy atom. The monoisotopic (exact) mass is 523 g/mol. The van der Waals surface area contributed by atoms with E-state index >= 15 is 0 Å². The highest BCUT2D eigenvalue weighted by Gasteiger charge is 2.34. The highest BCUT2D eigenvalue weighted by atomic mass is 32.2. The second-order valence-electron chi connectivity index (χ2n) is 8.79. The first-order valence-corrected chi connectivity index (χ1v) is 13.1. The van der Waals surface area contributed by atoms with Crippen LogP contribution in [0.5, 0.6) is 11.5 Å². The molecule has 0 bridgehead atoms. The fourth-order valence-corrected chi connectivity index (χ4v) is 4.87. The molecule has 1 aliphatic heterocycles. The summed E-state index contributed by atoms with van der Waals surface area (Å²) in [6, 6.07) is 21.0. The van der Waals surface area contributed by atoms with Gasteiger partial charge in [-0.15, -0.1) is 0 Å². The Kier molecular flexibility index (Phi) is 7.80. The molecular formula is C27H29N3O6S. The SMILES string of the molecule is Cc1cc(S(=O)(=O)N(C)C)ccc1OCC(=O)N1C[C@@H](C(=O)NCc2ccccc2)Oc2ccccc21. The first kappa shape index (κ1) is 26.2. The third-order valence-corrected chi connectivity index (χ3v) is 7.76. The molecule has 194 valence electrons. The summed E-state index contributed by atoms with van der Waals surface area (Å²) >= 11 is 0. The van der Waals surface area contributed by atoms with Crippen molar-refractivity contribution in [2.24, 2.45) is 0 Å². The summed E-state index contributed by atoms with van der Waals surface area (Å²) in [7, 11) is -0.661. The molecule has 1 N–H and O–H groups in total. The van der Waals surface area contributed by atoms with Crippen molar-refractivity contribution in [1.82, 2.24) is 9.62 Å². The molecule has 1 aliphatic rings. The number of aryl methyl sites for hydroxylation is 1. The highest BCUT2D eigenvalue weighted by molar-refractivity contribution is 7.89. The molecule has 10 heteroatoms. The molecule has 0 radical (unpaired) electrons. The van der Waals surface area contributed by atoms with Crippen LogP contribution in [0.25, 0.3) is 0 Å². The molecule has 3 aromatic carbocycles. The summed E-state index contributed by atoms with van der Waals surface area (Å²) in [5.41, 5.74) is 2.08. The van der Waals surface area contributed by atoms with Gasteiger partial charge in [0.05, 0.1) is 17.1 Å². The minimum absolute atomic E-state index is 0.0266. The van der Waals surface area contributed by atoms with E-state index in [9.17, 15) is 18.0 Å². The number of ether oxygens (including phenoxy) is 2. The molecular weight excluding hydrogens is 494 g/mol. The standard InChI is InChI=1S/C27H29N3O6S/c1-19-15-21(37(33,34)29(2)3)13-14-23(19)35-18-26(31)30-17-25(36-24-12-8-7-11-22(24)30)27(32)28-16-20-9-5-4-6-10-20/h4-15,25H,16-18H2,1-3H3,(H,28,32)/t25-/m0/s1. The zero-order valence-corrected chi connectivity index (χ0v) is 21.7. The Balaban J connectivity index is 1.45. The molecule has 0 saturated carbocycles. The molecule has 0 aliphatic carbocycles. The fraction of sp³-hybridized carbons (Fsp3) is 0.259. The number of carbonyl (C=O) groups is 2. The molecule has 9 nitrogen and oxygen atoms in total. The topological polar surface area (TPSA) is 105 Å². The third-order valence-electron chi connectivity index (χ3n) is 5.95. The number of para-hydroxylation sites is 2. The maximum Gasteiger partial charge on any atom is 0.265 e. The Morgan fingerprint density at radius 1 is 1.05 bits per heavy atom. The molecule has 0 fully saturated rings. The summed E-state index contributed by atoms with van der Waals surface area (Å²) in [5.74, 6) is 0.132. The Labute approximate surface area is 216 Å². The van der Waals surface area contributed by atoms with E-state index in [1.165, 1.54) is 37.2 Å². The van der Waals surface area contributed by atoms with Gasteiger partial charge in [0.1, 0.15) is 11.5 Å². The van der Waals surface area contributed by atoms with Crippen molar-refractivity contribution in [3.05, 3.63) is 83.9 Å². The average Bonchev–Trinajstić information content (AvgIpc) is 2.90. The van der Waals surface area contributed by atoms with E-state index < -0.39 is 16.1 Å². The highest BCUT2D eigenvalue weighted by Crippen LogP contribution is 2.33. The number of carbonyl (C=O) groups excluding carboxylic acids is 2. The zero-order valence-electron chi connectivity index (χ0n) is 20.9. The van der Waals surface area contributed by atoms with Crippen LogP contribution in [0.1, 0.15) is 11.1 Å². The lowest BCUT2D eigenvalue weighted by Gasteiger charge is -2.34. The summed E-state index contributed by atoms with van der Waals surface area (Å²) < 4.78 is 37.5. The van der Waals surface area contributed by atoms with Crippen LogP contribution in [0.2, 0.25) is 0 Å². The fourth-order valence-electron chi connectivity index (χ4n) is 3.88. The lowest BCUT2D eigenvalue weighted by molar-refractivity contribution is -0.128. The van der Waals surface area contributed by atoms with Crippen molar-refractivity contribution in [1.29, 1.82) is 0 Å². The van der Waals surface area contributed by atoms with Gasteiger partial charge in [0, 0.05) is 20.6 Å². The van der Waals surface area contributed by atoms with Gasteiger partial charge in [-0.3, -0.25) is 9.59 Å². The first-order valence-electron chi connectivity index (χ1n) is 11.7. The molecule has 2 amide bonds. The molecule has 37 heavy (non-hydrogen) atoms. The first-order chi connectivity index (χ1) is 17.7. The predicted octanol–water partition coefficient (Wildman–Crippen LogP) is 2.73. The number of anilines is 1. The number of fused-ring (bicyclic) bond motifs is 1. The predicted molar refractivity (Wildman–Crippen MR) is 139 cm³/mol. The Hall–Kier alpha value is -3.89. The van der Waals surface area contributed by atoms with Gasteiger partial charge in [-0.2, -0.15) is 0 Å². The van der Waals surface area contributed by atoms with E-state index in [2.05, 4.69) is 5.32 Å². The molecule has 0 unspecified atom stereocenters. The van der Waals surface area contributed by atoms with Crippen LogP contribution in [-0.4, -0.2) is 57.9 Å². The number of nitrogens with zero attached hydrogens (tertiary/aromatic N) is 2. The molecule has 4 rings (SSSR count). The molecule has 0 aromatic heterocycles. The number of sulfonamides is 1. The van der Waals surface area contributed by atoms with Crippen LogP contribution in [-0.2, 0) is 26.2 Å². The summed E-state index contributed by atoms with van der Waals surface area (Å²) in [5, 5.41) is 2.86. The maximum absolute atomic E-state index is 13.2. The quantitative estimate of drug-likeness (QED) is 0.487. The third kappa shape index (κ3) is 5.92. The van der Waals surface area contributed by atoms with Crippen molar-refractivity contribution >= 4 is 27.5 Å². The number of hydrogen-bond acceptors (Lipinski definition) is 6. The minimum Gasteiger partial charge on any atom is -0.483 e. The Bertz CT molecular complexity index is 1390. The van der Waals surface area contributed by atoms with Crippen LogP contribution >= 0.6 is 0 Å². The average molecular weight is 524 g/mol. The summed E-state index contributed by atoms with van der Waals surface area (Å²) in [6.45, 7) is 1.79. The molecule has 1 heterocycles. The van der Waals surface area contributed by atoms with E-state index in [0.717, 1.165) is 9.87 Å². The maximum atomic E-state index is 13.2. The number of benzene rings is 3. The van der Waals surface area contributed by atoms with Crippen LogP contribution in [0.3, 0.4) is 0 Å². The molecule has 3 aromatic rings. The van der Waals surface area contributed by atoms with Crippen LogP contribution in [0.4, 0.5) is 5.69 Å². The van der Waals surface area contributed by atoms with Gasteiger partial charge in [0.25, 0.3) is 11.8 Å². The number of hydrogen-bond donors (Lipinski definition) is 1. The Morgan fingerprint density at radius 3 is 2.46 bits per heavy atom. The van der Waals surface area contributed by atoms with Gasteiger partial charge in [-0.05, 0) is 48.4 Å². The molecule has 0 saturated heterocycles. The van der Waals surface area contributed by atoms with E-state index in [4.69, 9.17) is 9.47 Å². The van der Waals surface area contributed by atoms with Crippen molar-refractivity contribution in [2.75, 3.05) is 32.1 Å². The van der Waals surface area contributed by atoms with Crippen molar-refractivity contribution < 1.29 is 27.5 Å². The lowest BCUT2D eigenvalue weighted by Crippen LogP contribution is -2.51. The van der Waals surface area contributed by atoms with E-state index in [1.54, 1.807) is 31.2 Å². The van der Waals surface area contributed by atoms with Crippen molar-refractivity contribution in [3.63, 3.8) is 0 Å². The largest absolute Gasteiger partial charge is 0.483 e. The molecule has 1 atom stereocenters. The lowest BCUT2D eigenvalue weighted by atomic mass is 10.1. The second kappa shape index (κ2) is 11.0. The van der Waals surface area contributed by atoms with Gasteiger partial charge >= 0.3 is 0 Å². The van der Waals surface area contributed by atoms with Crippen LogP contribution < -0.4 is 19.7 Å². The van der Waals surface area contributed by atoms with Gasteiger partial charge in [-0.1, -0.05) is 42.5 Å². The number of amides is 2. The normalized spacial score (nSPS) is 15.0. The number of rotatable bonds is 8. The van der Waals surface area contributed by atoms with Gasteiger partial charge in [0.15, 0.2) is 12.7 Å². The van der Waals surface area contributed by atoms with Crippen molar-refractivity contribution in [3.8, 4) is 11.5 Å². The summed E-state index contributed by atoms with van der Waals surface area (Å²) in [6.07, 6.45) is -0.889. The van der Waals surface area contributed by atoms with E-state index in [0.29, 0.717) is 29.3 Å². The van der Waals surface area contributed by atoms with Gasteiger partial charge in [-0.25, -0.2) is 12.7 Å². The van der Waals surface area contributed by atoms with Crippen LogP contribution in [0.15, 0.2) is 77.7 Å². The van der Waals surface area contributed by atoms with E-state index in [1.807, 2.05) is 30.3 Å². The zero-order chi connectivity index (χ0) is 26.6. The van der Waals surface area contributed by atoms with Gasteiger partial charge < -0.3 is 19.7 Å².